The maximum atomic E-state index is 11.0. The Labute approximate surface area is 176 Å². The number of carboxylic acid groups (broad SMARTS) is 2. The van der Waals surface area contributed by atoms with Gasteiger partial charge in [0, 0.05) is 38.0 Å². The van der Waals surface area contributed by atoms with Gasteiger partial charge in [-0.2, -0.15) is 5.48 Å². The van der Waals surface area contributed by atoms with Gasteiger partial charge in [0.15, 0.2) is 0 Å². The fourth-order valence-corrected chi connectivity index (χ4v) is 1.91. The molecule has 10 nitrogen and oxygen atoms in total. The van der Waals surface area contributed by atoms with Crippen LogP contribution >= 0.6 is 0 Å². The average molecular weight is 429 g/mol. The molecular weight excluding hydrogens is 398 g/mol. The third kappa shape index (κ3) is 21.8. The van der Waals surface area contributed by atoms with Gasteiger partial charge < -0.3 is 29.3 Å². The lowest BCUT2D eigenvalue weighted by Gasteiger charge is -2.07. The highest BCUT2D eigenvalue weighted by molar-refractivity contribution is 5.90. The molecule has 0 radical (unpaired) electrons. The minimum Gasteiger partial charge on any atom is -0.478 e. The number of hydrogen-bond acceptors (Lipinski definition) is 8. The van der Waals surface area contributed by atoms with Crippen molar-refractivity contribution in [3.8, 4) is 0 Å². The number of carbonyl (C=O) groups excluding carboxylic acids is 1. The van der Waals surface area contributed by atoms with Crippen LogP contribution in [0.15, 0.2) is 36.5 Å². The van der Waals surface area contributed by atoms with Gasteiger partial charge in [-0.3, -0.25) is 0 Å². The molecule has 0 saturated heterocycles. The average Bonchev–Trinajstić information content (AvgIpc) is 2.70. The Bertz CT molecular complexity index is 523. The normalized spacial score (nSPS) is 11.2. The molecule has 0 fully saturated rings. The summed E-state index contributed by atoms with van der Waals surface area (Å²) in [6.45, 7) is 7.08. The SMILES string of the molecule is C=C(/C=C\C(=O)O)CCCCOCCOCCOCCCNOC(=O)/C=C\C(=O)O. The van der Waals surface area contributed by atoms with Gasteiger partial charge >= 0.3 is 17.9 Å². The number of aliphatic carboxylic acids is 2. The molecule has 0 rings (SSSR count). The van der Waals surface area contributed by atoms with E-state index >= 15 is 0 Å². The van der Waals surface area contributed by atoms with Crippen molar-refractivity contribution < 1.29 is 43.6 Å². The number of carbonyl (C=O) groups is 3. The van der Waals surface area contributed by atoms with Crippen molar-refractivity contribution in [2.75, 3.05) is 46.2 Å². The first-order valence-corrected chi connectivity index (χ1v) is 9.58. The van der Waals surface area contributed by atoms with E-state index in [2.05, 4.69) is 16.9 Å². The molecule has 0 spiro atoms. The van der Waals surface area contributed by atoms with Crippen LogP contribution in [-0.4, -0.2) is 74.3 Å². The van der Waals surface area contributed by atoms with Crippen LogP contribution in [0.4, 0.5) is 0 Å². The summed E-state index contributed by atoms with van der Waals surface area (Å²) in [4.78, 5) is 36.2. The van der Waals surface area contributed by atoms with Gasteiger partial charge in [-0.05, 0) is 25.7 Å². The summed E-state index contributed by atoms with van der Waals surface area (Å²) in [5.74, 6) is -2.98. The van der Waals surface area contributed by atoms with Crippen molar-refractivity contribution in [2.45, 2.75) is 25.7 Å². The summed E-state index contributed by atoms with van der Waals surface area (Å²) in [6.07, 6.45) is 7.18. The van der Waals surface area contributed by atoms with Crippen LogP contribution in [0.2, 0.25) is 0 Å². The maximum absolute atomic E-state index is 11.0. The van der Waals surface area contributed by atoms with Gasteiger partial charge in [0.05, 0.1) is 26.4 Å². The molecule has 0 aromatic carbocycles. The Morgan fingerprint density at radius 3 is 1.87 bits per heavy atom. The van der Waals surface area contributed by atoms with Crippen LogP contribution in [0.5, 0.6) is 0 Å². The van der Waals surface area contributed by atoms with Crippen LogP contribution in [0.25, 0.3) is 0 Å². The third-order valence-corrected chi connectivity index (χ3v) is 3.34. The first-order chi connectivity index (χ1) is 14.4. The van der Waals surface area contributed by atoms with E-state index in [-0.39, 0.29) is 0 Å². The van der Waals surface area contributed by atoms with Crippen molar-refractivity contribution in [2.24, 2.45) is 0 Å². The summed E-state index contributed by atoms with van der Waals surface area (Å²) in [5, 5.41) is 16.9. The van der Waals surface area contributed by atoms with E-state index in [1.54, 1.807) is 0 Å². The second-order valence-electron chi connectivity index (χ2n) is 5.96. The Morgan fingerprint density at radius 2 is 1.27 bits per heavy atom. The number of carboxylic acids is 2. The number of ether oxygens (including phenoxy) is 3. The molecule has 0 bridgehead atoms. The van der Waals surface area contributed by atoms with Gasteiger partial charge in [0.2, 0.25) is 0 Å². The second kappa shape index (κ2) is 19.8. The van der Waals surface area contributed by atoms with Gasteiger partial charge in [-0.1, -0.05) is 18.2 Å². The van der Waals surface area contributed by atoms with E-state index in [0.29, 0.717) is 58.7 Å². The molecule has 30 heavy (non-hydrogen) atoms. The minimum absolute atomic E-state index is 0.380. The molecule has 0 aromatic rings. The van der Waals surface area contributed by atoms with Crippen LogP contribution in [0.1, 0.15) is 25.7 Å². The van der Waals surface area contributed by atoms with Crippen molar-refractivity contribution in [3.63, 3.8) is 0 Å². The number of unbranched alkanes of at least 4 members (excludes halogenated alkanes) is 1. The fourth-order valence-electron chi connectivity index (χ4n) is 1.91. The lowest BCUT2D eigenvalue weighted by atomic mass is 10.1. The zero-order chi connectivity index (χ0) is 22.5. The van der Waals surface area contributed by atoms with E-state index in [1.807, 2.05) is 0 Å². The number of nitrogens with one attached hydrogen (secondary N) is 1. The highest BCUT2D eigenvalue weighted by Gasteiger charge is 1.98. The van der Waals surface area contributed by atoms with E-state index in [1.165, 1.54) is 6.08 Å². The summed E-state index contributed by atoms with van der Waals surface area (Å²) >= 11 is 0. The molecule has 0 aromatic heterocycles. The zero-order valence-corrected chi connectivity index (χ0v) is 17.0. The molecule has 0 aliphatic rings. The number of rotatable bonds is 20. The minimum atomic E-state index is -1.22. The Morgan fingerprint density at radius 1 is 0.733 bits per heavy atom. The highest BCUT2D eigenvalue weighted by Crippen LogP contribution is 2.06. The molecule has 0 unspecified atom stereocenters. The van der Waals surface area contributed by atoms with Crippen molar-refractivity contribution in [3.05, 3.63) is 36.5 Å². The quantitative estimate of drug-likeness (QED) is 0.113. The lowest BCUT2D eigenvalue weighted by Crippen LogP contribution is -2.21. The first kappa shape index (κ1) is 27.5. The summed E-state index contributed by atoms with van der Waals surface area (Å²) < 4.78 is 16.2. The molecule has 3 N–H and O–H groups in total. The third-order valence-electron chi connectivity index (χ3n) is 3.34. The predicted octanol–water partition coefficient (Wildman–Crippen LogP) is 1.48. The maximum Gasteiger partial charge on any atom is 0.349 e. The Hall–Kier alpha value is -2.53. The van der Waals surface area contributed by atoms with Crippen LogP contribution in [0.3, 0.4) is 0 Å². The predicted molar refractivity (Wildman–Crippen MR) is 108 cm³/mol. The second-order valence-corrected chi connectivity index (χ2v) is 5.96. The smallest absolute Gasteiger partial charge is 0.349 e. The topological polar surface area (TPSA) is 141 Å². The number of hydrogen-bond donors (Lipinski definition) is 3. The fraction of sp³-hybridized carbons (Fsp3) is 0.550. The highest BCUT2D eigenvalue weighted by atomic mass is 16.7. The van der Waals surface area contributed by atoms with E-state index in [4.69, 9.17) is 24.4 Å². The zero-order valence-electron chi connectivity index (χ0n) is 17.0. The van der Waals surface area contributed by atoms with Gasteiger partial charge in [0.1, 0.15) is 0 Å². The standard InChI is InChI=1S/C20H31NO9/c1-17(6-7-18(22)23)5-2-3-11-27-13-15-29-16-14-28-12-4-10-21-30-20(26)9-8-19(24)25/h6-9,21H,1-5,10-16H2,(H,22,23)(H,24,25)/b7-6-,9-8-. The Balaban J connectivity index is 3.26. The van der Waals surface area contributed by atoms with Gasteiger partial charge in [-0.25, -0.2) is 14.4 Å². The molecule has 0 heterocycles. The molecule has 0 aliphatic carbocycles. The molecular formula is C20H31NO9. The lowest BCUT2D eigenvalue weighted by molar-refractivity contribution is -0.145. The summed E-state index contributed by atoms with van der Waals surface area (Å²) in [7, 11) is 0. The largest absolute Gasteiger partial charge is 0.478 e. The monoisotopic (exact) mass is 429 g/mol. The molecule has 0 saturated carbocycles. The molecule has 0 amide bonds. The molecule has 0 atom stereocenters. The van der Waals surface area contributed by atoms with E-state index < -0.39 is 17.9 Å². The summed E-state index contributed by atoms with van der Waals surface area (Å²) in [5.41, 5.74) is 3.20. The van der Waals surface area contributed by atoms with Gasteiger partial charge in [-0.15, -0.1) is 0 Å². The summed E-state index contributed by atoms with van der Waals surface area (Å²) in [6, 6.07) is 0. The van der Waals surface area contributed by atoms with Crippen molar-refractivity contribution in [1.29, 1.82) is 0 Å². The van der Waals surface area contributed by atoms with Crippen LogP contribution in [-0.2, 0) is 33.4 Å². The molecule has 170 valence electrons. The van der Waals surface area contributed by atoms with Crippen LogP contribution < -0.4 is 5.48 Å². The van der Waals surface area contributed by atoms with E-state index in [9.17, 15) is 14.4 Å². The van der Waals surface area contributed by atoms with E-state index in [0.717, 1.165) is 37.0 Å². The van der Waals surface area contributed by atoms with Gasteiger partial charge in [0.25, 0.3) is 0 Å². The molecule has 0 aliphatic heterocycles. The molecule has 10 heteroatoms. The van der Waals surface area contributed by atoms with Crippen molar-refractivity contribution >= 4 is 17.9 Å². The van der Waals surface area contributed by atoms with Crippen LogP contribution in [0, 0.1) is 0 Å². The number of allylic oxidation sites excluding steroid dienone is 2. The Kier molecular flexibility index (Phi) is 18.1. The first-order valence-electron chi connectivity index (χ1n) is 9.58. The number of hydroxylamine groups is 1. The van der Waals surface area contributed by atoms with Crippen molar-refractivity contribution in [1.82, 2.24) is 5.48 Å².